The Morgan fingerprint density at radius 2 is 1.95 bits per heavy atom. The number of hydrogen-bond acceptors (Lipinski definition) is 6. The second kappa shape index (κ2) is 8.42. The Balaban J connectivity index is 2.55. The van der Waals surface area contributed by atoms with Gasteiger partial charge in [-0.2, -0.15) is 0 Å². The number of hydrogen-bond donors (Lipinski definition) is 0. The number of ether oxygens (including phenoxy) is 5. The maximum atomic E-state index is 14.2. The molecule has 112 valence electrons. The summed E-state index contributed by atoms with van der Waals surface area (Å²) >= 11 is 0. The third-order valence-electron chi connectivity index (χ3n) is 2.90. The second-order valence-corrected chi connectivity index (χ2v) is 4.40. The lowest BCUT2D eigenvalue weighted by Gasteiger charge is -2.21. The first-order chi connectivity index (χ1) is 9.10. The highest BCUT2D eigenvalue weighted by Gasteiger charge is 2.46. The molecule has 0 N–H and O–H groups in total. The van der Waals surface area contributed by atoms with Gasteiger partial charge < -0.3 is 23.7 Å². The first-order valence-corrected chi connectivity index (χ1v) is 6.08. The molecule has 0 unspecified atom stereocenters. The Morgan fingerprint density at radius 1 is 1.26 bits per heavy atom. The zero-order chi connectivity index (χ0) is 14.3. The summed E-state index contributed by atoms with van der Waals surface area (Å²) in [5.41, 5.74) is 0. The van der Waals surface area contributed by atoms with E-state index in [1.54, 1.807) is 0 Å². The van der Waals surface area contributed by atoms with Gasteiger partial charge in [0, 0.05) is 27.1 Å². The fourth-order valence-electron chi connectivity index (χ4n) is 2.18. The predicted molar refractivity (Wildman–Crippen MR) is 63.1 cm³/mol. The smallest absolute Gasteiger partial charge is 0.303 e. The predicted octanol–water partition coefficient (Wildman–Crippen LogP) is 0.886. The van der Waals surface area contributed by atoms with Crippen LogP contribution in [0, 0.1) is 5.92 Å². The molecule has 1 aliphatic carbocycles. The van der Waals surface area contributed by atoms with E-state index in [1.165, 1.54) is 21.1 Å². The van der Waals surface area contributed by atoms with Gasteiger partial charge in [-0.05, 0) is 6.42 Å². The van der Waals surface area contributed by atoms with Crippen molar-refractivity contribution in [2.24, 2.45) is 5.92 Å². The van der Waals surface area contributed by atoms with Gasteiger partial charge in [0.2, 0.25) is 0 Å². The molecular weight excluding hydrogens is 259 g/mol. The van der Waals surface area contributed by atoms with Crippen LogP contribution < -0.4 is 0 Å². The highest BCUT2D eigenvalue weighted by Crippen LogP contribution is 2.33. The SMILES string of the molecule is COCOC[C@H]1C[C@@H](OC(C)=O)[C@@H](F)[C@@H]1OCOC. The topological polar surface area (TPSA) is 63.2 Å². The molecule has 0 amide bonds. The van der Waals surface area contributed by atoms with Gasteiger partial charge in [-0.15, -0.1) is 0 Å². The molecule has 0 aromatic heterocycles. The quantitative estimate of drug-likeness (QED) is 0.374. The summed E-state index contributed by atoms with van der Waals surface area (Å²) in [7, 11) is 2.97. The molecular formula is C12H21FO6. The van der Waals surface area contributed by atoms with E-state index in [9.17, 15) is 9.18 Å². The lowest BCUT2D eigenvalue weighted by molar-refractivity contribution is -0.152. The van der Waals surface area contributed by atoms with Crippen LogP contribution in [0.15, 0.2) is 0 Å². The van der Waals surface area contributed by atoms with Crippen molar-refractivity contribution in [2.45, 2.75) is 31.7 Å². The Bertz CT molecular complexity index is 275. The van der Waals surface area contributed by atoms with Gasteiger partial charge >= 0.3 is 5.97 Å². The largest absolute Gasteiger partial charge is 0.459 e. The van der Waals surface area contributed by atoms with E-state index in [0.717, 1.165) is 0 Å². The van der Waals surface area contributed by atoms with Crippen LogP contribution in [-0.4, -0.2) is 58.8 Å². The zero-order valence-electron chi connectivity index (χ0n) is 11.5. The lowest BCUT2D eigenvalue weighted by atomic mass is 10.1. The standard InChI is InChI=1S/C12H21FO6/c1-8(14)19-10-4-9(5-17-6-15-2)12(11(10)13)18-7-16-3/h9-12H,4-7H2,1-3H3/t9-,10-,11-,12-/m1/s1. The Morgan fingerprint density at radius 3 is 2.53 bits per heavy atom. The summed E-state index contributed by atoms with van der Waals surface area (Å²) in [5, 5.41) is 0. The molecule has 0 aliphatic heterocycles. The van der Waals surface area contributed by atoms with Crippen LogP contribution in [0.2, 0.25) is 0 Å². The van der Waals surface area contributed by atoms with Crippen LogP contribution in [0.4, 0.5) is 4.39 Å². The average Bonchev–Trinajstić information content (AvgIpc) is 2.64. The lowest BCUT2D eigenvalue weighted by Crippen LogP contribution is -2.33. The number of carbonyl (C=O) groups is 1. The number of rotatable bonds is 8. The molecule has 0 bridgehead atoms. The first-order valence-electron chi connectivity index (χ1n) is 6.08. The van der Waals surface area contributed by atoms with Gasteiger partial charge in [0.25, 0.3) is 0 Å². The van der Waals surface area contributed by atoms with Gasteiger partial charge in [-0.25, -0.2) is 4.39 Å². The molecule has 0 radical (unpaired) electrons. The second-order valence-electron chi connectivity index (χ2n) is 4.40. The van der Waals surface area contributed by atoms with Crippen LogP contribution in [0.3, 0.4) is 0 Å². The molecule has 1 saturated carbocycles. The number of carbonyl (C=O) groups excluding carboxylic acids is 1. The highest BCUT2D eigenvalue weighted by molar-refractivity contribution is 5.66. The molecule has 0 spiro atoms. The Hall–Kier alpha value is -0.760. The van der Waals surface area contributed by atoms with Gasteiger partial charge in [-0.1, -0.05) is 0 Å². The maximum Gasteiger partial charge on any atom is 0.303 e. The number of esters is 1. The van der Waals surface area contributed by atoms with Crippen LogP contribution in [0.25, 0.3) is 0 Å². The van der Waals surface area contributed by atoms with Crippen molar-refractivity contribution in [3.05, 3.63) is 0 Å². The van der Waals surface area contributed by atoms with Crippen LogP contribution >= 0.6 is 0 Å². The van der Waals surface area contributed by atoms with Crippen LogP contribution in [-0.2, 0) is 28.5 Å². The van der Waals surface area contributed by atoms with Crippen molar-refractivity contribution in [1.82, 2.24) is 0 Å². The van der Waals surface area contributed by atoms with E-state index >= 15 is 0 Å². The third kappa shape index (κ3) is 5.02. The van der Waals surface area contributed by atoms with Gasteiger partial charge in [-0.3, -0.25) is 4.79 Å². The zero-order valence-corrected chi connectivity index (χ0v) is 11.5. The number of halogens is 1. The molecule has 1 aliphatic rings. The van der Waals surface area contributed by atoms with E-state index in [1.807, 2.05) is 0 Å². The third-order valence-corrected chi connectivity index (χ3v) is 2.90. The van der Waals surface area contributed by atoms with Gasteiger partial charge in [0.15, 0.2) is 6.17 Å². The summed E-state index contributed by atoms with van der Waals surface area (Å²) in [6, 6.07) is 0. The molecule has 4 atom stereocenters. The van der Waals surface area contributed by atoms with Crippen LogP contribution in [0.1, 0.15) is 13.3 Å². The Labute approximate surface area is 112 Å². The summed E-state index contributed by atoms with van der Waals surface area (Å²) in [5.74, 6) is -0.707. The number of alkyl halides is 1. The number of methoxy groups -OCH3 is 2. The minimum Gasteiger partial charge on any atom is -0.459 e. The first kappa shape index (κ1) is 16.3. The highest BCUT2D eigenvalue weighted by atomic mass is 19.1. The van der Waals surface area contributed by atoms with Crippen molar-refractivity contribution >= 4 is 5.97 Å². The summed E-state index contributed by atoms with van der Waals surface area (Å²) in [6.07, 6.45) is -2.52. The molecule has 0 aromatic carbocycles. The van der Waals surface area contributed by atoms with Crippen molar-refractivity contribution in [3.63, 3.8) is 0 Å². The molecule has 0 aromatic rings. The molecule has 19 heavy (non-hydrogen) atoms. The fraction of sp³-hybridized carbons (Fsp3) is 0.917. The van der Waals surface area contributed by atoms with Crippen molar-refractivity contribution in [3.8, 4) is 0 Å². The molecule has 7 heteroatoms. The van der Waals surface area contributed by atoms with Gasteiger partial charge in [0.05, 0.1) is 6.61 Å². The molecule has 0 saturated heterocycles. The normalized spacial score (nSPS) is 30.5. The monoisotopic (exact) mass is 280 g/mol. The van der Waals surface area contributed by atoms with E-state index in [4.69, 9.17) is 23.7 Å². The fourth-order valence-corrected chi connectivity index (χ4v) is 2.18. The van der Waals surface area contributed by atoms with E-state index in [0.29, 0.717) is 6.42 Å². The van der Waals surface area contributed by atoms with Crippen molar-refractivity contribution < 1.29 is 32.9 Å². The van der Waals surface area contributed by atoms with E-state index < -0.39 is 24.3 Å². The summed E-state index contributed by atoms with van der Waals surface area (Å²) in [4.78, 5) is 10.9. The van der Waals surface area contributed by atoms with Crippen molar-refractivity contribution in [1.29, 1.82) is 0 Å². The molecule has 1 rings (SSSR count). The van der Waals surface area contributed by atoms with Gasteiger partial charge in [0.1, 0.15) is 25.8 Å². The molecule has 0 heterocycles. The maximum absolute atomic E-state index is 14.2. The minimum absolute atomic E-state index is 0.0152. The van der Waals surface area contributed by atoms with E-state index in [2.05, 4.69) is 0 Å². The molecule has 6 nitrogen and oxygen atoms in total. The summed E-state index contributed by atoms with van der Waals surface area (Å²) in [6.45, 7) is 1.65. The van der Waals surface area contributed by atoms with E-state index in [-0.39, 0.29) is 26.1 Å². The summed E-state index contributed by atoms with van der Waals surface area (Å²) < 4.78 is 39.2. The average molecular weight is 280 g/mol. The van der Waals surface area contributed by atoms with Crippen molar-refractivity contribution in [2.75, 3.05) is 34.4 Å². The van der Waals surface area contributed by atoms with Crippen LogP contribution in [0.5, 0.6) is 0 Å². The minimum atomic E-state index is -1.38. The molecule has 1 fully saturated rings. The Kier molecular flexibility index (Phi) is 7.22.